The molecule has 0 heterocycles. The minimum atomic E-state index is -1.05. The highest BCUT2D eigenvalue weighted by Crippen LogP contribution is 2.26. The number of aryl methyl sites for hydroxylation is 2. The summed E-state index contributed by atoms with van der Waals surface area (Å²) in [4.78, 5) is 12.1. The Hall–Kier alpha value is -1.91. The van der Waals surface area contributed by atoms with Crippen molar-refractivity contribution in [3.05, 3.63) is 63.9 Å². The third kappa shape index (κ3) is 4.06. The van der Waals surface area contributed by atoms with Gasteiger partial charge in [0, 0.05) is 10.7 Å². The van der Waals surface area contributed by atoms with Crippen LogP contribution in [0, 0.1) is 19.7 Å². The standard InChI is InChI=1S/C17H17ClFNO2/c1-10-6-13(18)7-11(2)17(10)20-16(22)9-15(21)12-4-3-5-14(19)8-12/h3-8,15,21H,9H2,1-2H3,(H,20,22). The quantitative estimate of drug-likeness (QED) is 0.888. The SMILES string of the molecule is Cc1cc(Cl)cc(C)c1NC(=O)CC(O)c1cccc(F)c1. The number of halogens is 2. The molecule has 1 unspecified atom stereocenters. The molecule has 3 nitrogen and oxygen atoms in total. The molecule has 0 saturated heterocycles. The average Bonchev–Trinajstić information content (AvgIpc) is 2.42. The first-order valence-corrected chi connectivity index (χ1v) is 7.24. The van der Waals surface area contributed by atoms with Gasteiger partial charge in [-0.25, -0.2) is 4.39 Å². The lowest BCUT2D eigenvalue weighted by atomic mass is 10.1. The number of rotatable bonds is 4. The maximum atomic E-state index is 13.1. The van der Waals surface area contributed by atoms with E-state index in [1.165, 1.54) is 18.2 Å². The van der Waals surface area contributed by atoms with E-state index in [-0.39, 0.29) is 12.3 Å². The first-order valence-electron chi connectivity index (χ1n) is 6.87. The zero-order valence-corrected chi connectivity index (χ0v) is 13.1. The Morgan fingerprint density at radius 2 is 1.91 bits per heavy atom. The fraction of sp³-hybridized carbons (Fsp3) is 0.235. The Kier molecular flexibility index (Phi) is 5.16. The molecule has 2 aromatic rings. The van der Waals surface area contributed by atoms with E-state index in [9.17, 15) is 14.3 Å². The maximum Gasteiger partial charge on any atom is 0.227 e. The highest BCUT2D eigenvalue weighted by molar-refractivity contribution is 6.30. The number of anilines is 1. The molecule has 0 aliphatic rings. The zero-order chi connectivity index (χ0) is 16.3. The number of amides is 1. The van der Waals surface area contributed by atoms with Crippen molar-refractivity contribution in [1.29, 1.82) is 0 Å². The topological polar surface area (TPSA) is 49.3 Å². The van der Waals surface area contributed by atoms with Gasteiger partial charge >= 0.3 is 0 Å². The summed E-state index contributed by atoms with van der Waals surface area (Å²) in [5, 5.41) is 13.4. The van der Waals surface area contributed by atoms with Gasteiger partial charge in [0.25, 0.3) is 0 Å². The maximum absolute atomic E-state index is 13.1. The Bertz CT molecular complexity index is 680. The van der Waals surface area contributed by atoms with Gasteiger partial charge in [-0.3, -0.25) is 4.79 Å². The van der Waals surface area contributed by atoms with Crippen LogP contribution in [0.5, 0.6) is 0 Å². The number of carbonyl (C=O) groups excluding carboxylic acids is 1. The van der Waals surface area contributed by atoms with Crippen molar-refractivity contribution in [2.45, 2.75) is 26.4 Å². The largest absolute Gasteiger partial charge is 0.388 e. The number of nitrogens with one attached hydrogen (secondary N) is 1. The van der Waals surface area contributed by atoms with Gasteiger partial charge < -0.3 is 10.4 Å². The minimum absolute atomic E-state index is 0.148. The van der Waals surface area contributed by atoms with Crippen LogP contribution in [-0.2, 0) is 4.79 Å². The molecule has 0 aliphatic carbocycles. The normalized spacial score (nSPS) is 12.0. The second kappa shape index (κ2) is 6.90. The van der Waals surface area contributed by atoms with E-state index in [0.29, 0.717) is 16.3 Å². The lowest BCUT2D eigenvalue weighted by Crippen LogP contribution is -2.17. The number of benzene rings is 2. The van der Waals surface area contributed by atoms with Crippen LogP contribution < -0.4 is 5.32 Å². The van der Waals surface area contributed by atoms with Gasteiger partial charge in [-0.2, -0.15) is 0 Å². The van der Waals surface area contributed by atoms with Crippen LogP contribution >= 0.6 is 11.6 Å². The molecule has 2 aromatic carbocycles. The van der Waals surface area contributed by atoms with Crippen LogP contribution in [0.3, 0.4) is 0 Å². The van der Waals surface area contributed by atoms with Gasteiger partial charge in [-0.05, 0) is 54.8 Å². The highest BCUT2D eigenvalue weighted by atomic mass is 35.5. The van der Waals surface area contributed by atoms with Crippen molar-refractivity contribution < 1.29 is 14.3 Å². The molecule has 5 heteroatoms. The molecule has 0 radical (unpaired) electrons. The monoisotopic (exact) mass is 321 g/mol. The molecule has 0 aliphatic heterocycles. The Morgan fingerprint density at radius 1 is 1.27 bits per heavy atom. The summed E-state index contributed by atoms with van der Waals surface area (Å²) in [7, 11) is 0. The molecular weight excluding hydrogens is 305 g/mol. The van der Waals surface area contributed by atoms with Crippen LogP contribution in [0.2, 0.25) is 5.02 Å². The van der Waals surface area contributed by atoms with Crippen molar-refractivity contribution in [2.24, 2.45) is 0 Å². The molecule has 0 bridgehead atoms. The summed E-state index contributed by atoms with van der Waals surface area (Å²) in [6.45, 7) is 3.69. The third-order valence-electron chi connectivity index (χ3n) is 3.37. The smallest absolute Gasteiger partial charge is 0.227 e. The molecule has 0 aromatic heterocycles. The predicted molar refractivity (Wildman–Crippen MR) is 85.5 cm³/mol. The van der Waals surface area contributed by atoms with E-state index >= 15 is 0 Å². The molecule has 1 atom stereocenters. The van der Waals surface area contributed by atoms with Crippen molar-refractivity contribution in [3.63, 3.8) is 0 Å². The van der Waals surface area contributed by atoms with Crippen molar-refractivity contribution in [2.75, 3.05) is 5.32 Å². The second-order valence-corrected chi connectivity index (χ2v) is 5.67. The summed E-state index contributed by atoms with van der Waals surface area (Å²) in [6, 6.07) is 9.10. The molecular formula is C17H17ClFNO2. The van der Waals surface area contributed by atoms with Gasteiger partial charge in [0.15, 0.2) is 0 Å². The number of hydrogen-bond acceptors (Lipinski definition) is 2. The van der Waals surface area contributed by atoms with Crippen LogP contribution in [0.25, 0.3) is 0 Å². The first kappa shape index (κ1) is 16.5. The van der Waals surface area contributed by atoms with Crippen LogP contribution in [0.1, 0.15) is 29.2 Å². The molecule has 116 valence electrons. The van der Waals surface area contributed by atoms with Crippen LogP contribution in [0.4, 0.5) is 10.1 Å². The Labute approximate surface area is 133 Å². The fourth-order valence-corrected chi connectivity index (χ4v) is 2.63. The molecule has 1 amide bonds. The second-order valence-electron chi connectivity index (χ2n) is 5.24. The molecule has 0 spiro atoms. The van der Waals surface area contributed by atoms with Crippen molar-refractivity contribution in [3.8, 4) is 0 Å². The fourth-order valence-electron chi connectivity index (χ4n) is 2.31. The Balaban J connectivity index is 2.07. The summed E-state index contributed by atoms with van der Waals surface area (Å²) in [5.74, 6) is -0.786. The van der Waals surface area contributed by atoms with Gasteiger partial charge in [0.1, 0.15) is 5.82 Å². The summed E-state index contributed by atoms with van der Waals surface area (Å²) < 4.78 is 13.1. The molecule has 22 heavy (non-hydrogen) atoms. The average molecular weight is 322 g/mol. The summed E-state index contributed by atoms with van der Waals surface area (Å²) >= 11 is 5.95. The van der Waals surface area contributed by atoms with E-state index in [1.54, 1.807) is 18.2 Å². The van der Waals surface area contributed by atoms with E-state index < -0.39 is 11.9 Å². The van der Waals surface area contributed by atoms with E-state index in [4.69, 9.17) is 11.6 Å². The molecule has 0 saturated carbocycles. The Morgan fingerprint density at radius 3 is 2.50 bits per heavy atom. The van der Waals surface area contributed by atoms with E-state index in [0.717, 1.165) is 11.1 Å². The lowest BCUT2D eigenvalue weighted by Gasteiger charge is -2.15. The van der Waals surface area contributed by atoms with Gasteiger partial charge in [0.2, 0.25) is 5.91 Å². The predicted octanol–water partition coefficient (Wildman–Crippen LogP) is 4.16. The summed E-state index contributed by atoms with van der Waals surface area (Å²) in [5.41, 5.74) is 2.75. The summed E-state index contributed by atoms with van der Waals surface area (Å²) in [6.07, 6.45) is -1.20. The molecule has 2 N–H and O–H groups in total. The van der Waals surface area contributed by atoms with Gasteiger partial charge in [-0.15, -0.1) is 0 Å². The third-order valence-corrected chi connectivity index (χ3v) is 3.59. The number of aliphatic hydroxyl groups excluding tert-OH is 1. The van der Waals surface area contributed by atoms with Crippen molar-refractivity contribution in [1.82, 2.24) is 0 Å². The minimum Gasteiger partial charge on any atom is -0.388 e. The highest BCUT2D eigenvalue weighted by Gasteiger charge is 2.15. The first-order chi connectivity index (χ1) is 10.4. The zero-order valence-electron chi connectivity index (χ0n) is 12.4. The molecule has 0 fully saturated rings. The number of aliphatic hydroxyl groups is 1. The van der Waals surface area contributed by atoms with Crippen LogP contribution in [-0.4, -0.2) is 11.0 Å². The lowest BCUT2D eigenvalue weighted by molar-refractivity contribution is -0.118. The number of carbonyl (C=O) groups is 1. The molecule has 2 rings (SSSR count). The van der Waals surface area contributed by atoms with E-state index in [1.807, 2.05) is 13.8 Å². The van der Waals surface area contributed by atoms with Crippen LogP contribution in [0.15, 0.2) is 36.4 Å². The van der Waals surface area contributed by atoms with E-state index in [2.05, 4.69) is 5.32 Å². The van der Waals surface area contributed by atoms with Gasteiger partial charge in [0.05, 0.1) is 12.5 Å². The van der Waals surface area contributed by atoms with Crippen molar-refractivity contribution >= 4 is 23.2 Å². The van der Waals surface area contributed by atoms with Gasteiger partial charge in [-0.1, -0.05) is 23.7 Å². The number of hydrogen-bond donors (Lipinski definition) is 2.